The molecule has 1 heterocycles. The molecule has 3 N–H and O–H groups in total. The minimum absolute atomic E-state index is 0.101. The molecule has 0 aromatic carbocycles. The van der Waals surface area contributed by atoms with Gasteiger partial charge in [0.1, 0.15) is 5.82 Å². The van der Waals surface area contributed by atoms with Gasteiger partial charge in [-0.3, -0.25) is 0 Å². The fourth-order valence-electron chi connectivity index (χ4n) is 1.31. The monoisotopic (exact) mass is 260 g/mol. The van der Waals surface area contributed by atoms with E-state index in [1.165, 1.54) is 0 Å². The molecule has 0 bridgehead atoms. The van der Waals surface area contributed by atoms with Crippen molar-refractivity contribution in [3.63, 3.8) is 0 Å². The lowest BCUT2D eigenvalue weighted by Crippen LogP contribution is -2.35. The van der Waals surface area contributed by atoms with Crippen LogP contribution in [0.25, 0.3) is 0 Å². The van der Waals surface area contributed by atoms with E-state index in [2.05, 4.69) is 20.0 Å². The number of rotatable bonds is 8. The van der Waals surface area contributed by atoms with Crippen LogP contribution in [0.1, 0.15) is 19.7 Å². The van der Waals surface area contributed by atoms with Crippen LogP contribution in [0.2, 0.25) is 0 Å². The summed E-state index contributed by atoms with van der Waals surface area (Å²) in [5, 5.41) is 3.07. The van der Waals surface area contributed by atoms with Crippen LogP contribution in [0.5, 0.6) is 0 Å². The van der Waals surface area contributed by atoms with Gasteiger partial charge in [-0.1, -0.05) is 13.8 Å². The van der Waals surface area contributed by atoms with Gasteiger partial charge in [-0.05, 0) is 0 Å². The van der Waals surface area contributed by atoms with E-state index >= 15 is 0 Å². The van der Waals surface area contributed by atoms with Crippen LogP contribution in [0.15, 0.2) is 12.4 Å². The van der Waals surface area contributed by atoms with Crippen LogP contribution in [0, 0.1) is 0 Å². The summed E-state index contributed by atoms with van der Waals surface area (Å²) >= 11 is 0. The number of aromatic nitrogens is 2. The molecule has 0 saturated carbocycles. The first kappa shape index (κ1) is 14.1. The van der Waals surface area contributed by atoms with E-state index in [1.54, 1.807) is 12.4 Å². The van der Waals surface area contributed by atoms with Gasteiger partial charge in [-0.2, -0.15) is 0 Å². The largest absolute Gasteiger partial charge is 0.349 e. The average Bonchev–Trinajstić information content (AvgIpc) is 2.69. The zero-order valence-corrected chi connectivity index (χ0v) is 11.0. The molecular formula is C10H20N4O2S. The number of nitrogens with one attached hydrogen (secondary N) is 3. The van der Waals surface area contributed by atoms with E-state index in [1.807, 2.05) is 13.8 Å². The van der Waals surface area contributed by atoms with Crippen LogP contribution in [0.3, 0.4) is 0 Å². The SMILES string of the molecule is CC(C)NCCS(=O)(=O)NCCc1ncc[nH]1. The third kappa shape index (κ3) is 6.40. The minimum atomic E-state index is -3.18. The second kappa shape index (κ2) is 6.73. The lowest BCUT2D eigenvalue weighted by atomic mass is 10.4. The van der Waals surface area contributed by atoms with E-state index < -0.39 is 10.0 Å². The first-order chi connectivity index (χ1) is 7.99. The van der Waals surface area contributed by atoms with Crippen LogP contribution in [-0.4, -0.2) is 43.3 Å². The molecule has 0 atom stereocenters. The lowest BCUT2D eigenvalue weighted by Gasteiger charge is -2.09. The Kier molecular flexibility index (Phi) is 5.60. The molecule has 0 amide bonds. The molecule has 1 rings (SSSR count). The Labute approximate surface area is 102 Å². The number of nitrogens with zero attached hydrogens (tertiary/aromatic N) is 1. The van der Waals surface area contributed by atoms with Crippen LogP contribution < -0.4 is 10.0 Å². The molecule has 0 radical (unpaired) electrons. The maximum absolute atomic E-state index is 11.6. The Balaban J connectivity index is 2.20. The predicted octanol–water partition coefficient (Wildman–Crippen LogP) is -0.130. The summed E-state index contributed by atoms with van der Waals surface area (Å²) in [6, 6.07) is 0.299. The summed E-state index contributed by atoms with van der Waals surface area (Å²) < 4.78 is 25.7. The molecule has 0 unspecified atom stereocenters. The van der Waals surface area contributed by atoms with Gasteiger partial charge in [-0.25, -0.2) is 18.1 Å². The van der Waals surface area contributed by atoms with Gasteiger partial charge in [0, 0.05) is 37.9 Å². The molecule has 1 aromatic heterocycles. The van der Waals surface area contributed by atoms with Crippen LogP contribution >= 0.6 is 0 Å². The molecule has 7 heteroatoms. The molecule has 0 aliphatic rings. The first-order valence-electron chi connectivity index (χ1n) is 5.68. The van der Waals surface area contributed by atoms with Crippen molar-refractivity contribution in [1.29, 1.82) is 0 Å². The Bertz CT molecular complexity index is 400. The van der Waals surface area contributed by atoms with Gasteiger partial charge >= 0.3 is 0 Å². The molecule has 0 fully saturated rings. The second-order valence-corrected chi connectivity index (χ2v) is 6.03. The highest BCUT2D eigenvalue weighted by Crippen LogP contribution is 1.90. The number of imidazole rings is 1. The van der Waals surface area contributed by atoms with Gasteiger partial charge in [0.15, 0.2) is 0 Å². The van der Waals surface area contributed by atoms with Crippen molar-refractivity contribution in [2.75, 3.05) is 18.8 Å². The van der Waals surface area contributed by atoms with E-state index in [9.17, 15) is 8.42 Å². The number of sulfonamides is 1. The molecule has 0 aliphatic carbocycles. The summed E-state index contributed by atoms with van der Waals surface area (Å²) in [4.78, 5) is 6.94. The number of hydrogen-bond acceptors (Lipinski definition) is 4. The van der Waals surface area contributed by atoms with Crippen molar-refractivity contribution >= 4 is 10.0 Å². The average molecular weight is 260 g/mol. The smallest absolute Gasteiger partial charge is 0.212 e. The standard InChI is InChI=1S/C10H20N4O2S/c1-9(2)11-7-8-17(15,16)14-4-3-10-12-5-6-13-10/h5-6,9,11,14H,3-4,7-8H2,1-2H3,(H,12,13). The summed E-state index contributed by atoms with van der Waals surface area (Å²) in [5.74, 6) is 0.886. The van der Waals surface area contributed by atoms with E-state index in [-0.39, 0.29) is 5.75 Å². The maximum atomic E-state index is 11.6. The molecular weight excluding hydrogens is 240 g/mol. The Hall–Kier alpha value is -0.920. The third-order valence-electron chi connectivity index (χ3n) is 2.16. The Morgan fingerprint density at radius 2 is 2.18 bits per heavy atom. The minimum Gasteiger partial charge on any atom is -0.349 e. The first-order valence-corrected chi connectivity index (χ1v) is 7.34. The van der Waals surface area contributed by atoms with Gasteiger partial charge < -0.3 is 10.3 Å². The highest BCUT2D eigenvalue weighted by molar-refractivity contribution is 7.89. The second-order valence-electron chi connectivity index (χ2n) is 4.11. The van der Waals surface area contributed by atoms with Crippen molar-refractivity contribution in [3.8, 4) is 0 Å². The molecule has 0 aliphatic heterocycles. The van der Waals surface area contributed by atoms with Gasteiger partial charge in [0.2, 0.25) is 10.0 Å². The lowest BCUT2D eigenvalue weighted by molar-refractivity contribution is 0.566. The highest BCUT2D eigenvalue weighted by Gasteiger charge is 2.09. The molecule has 0 saturated heterocycles. The topological polar surface area (TPSA) is 86.9 Å². The molecule has 0 spiro atoms. The summed E-state index contributed by atoms with van der Waals surface area (Å²) in [6.07, 6.45) is 3.94. The van der Waals surface area contributed by atoms with Gasteiger partial charge in [0.25, 0.3) is 0 Å². The van der Waals surface area contributed by atoms with Gasteiger partial charge in [0.05, 0.1) is 5.75 Å². The fourth-order valence-corrected chi connectivity index (χ4v) is 2.26. The predicted molar refractivity (Wildman–Crippen MR) is 67.2 cm³/mol. The number of hydrogen-bond donors (Lipinski definition) is 3. The Morgan fingerprint density at radius 1 is 1.41 bits per heavy atom. The van der Waals surface area contributed by atoms with Crippen LogP contribution in [-0.2, 0) is 16.4 Å². The maximum Gasteiger partial charge on any atom is 0.212 e. The summed E-state index contributed by atoms with van der Waals surface area (Å²) in [7, 11) is -3.18. The number of aromatic amines is 1. The normalized spacial score (nSPS) is 12.2. The van der Waals surface area contributed by atoms with E-state index in [4.69, 9.17) is 0 Å². The highest BCUT2D eigenvalue weighted by atomic mass is 32.2. The molecule has 1 aromatic rings. The van der Waals surface area contributed by atoms with Crippen molar-refractivity contribution in [2.45, 2.75) is 26.3 Å². The van der Waals surface area contributed by atoms with Crippen molar-refractivity contribution in [1.82, 2.24) is 20.0 Å². The molecule has 6 nitrogen and oxygen atoms in total. The summed E-state index contributed by atoms with van der Waals surface area (Å²) in [5.41, 5.74) is 0. The van der Waals surface area contributed by atoms with E-state index in [0.717, 1.165) is 5.82 Å². The van der Waals surface area contributed by atoms with Gasteiger partial charge in [-0.15, -0.1) is 0 Å². The fraction of sp³-hybridized carbons (Fsp3) is 0.700. The van der Waals surface area contributed by atoms with Crippen molar-refractivity contribution < 1.29 is 8.42 Å². The zero-order valence-electron chi connectivity index (χ0n) is 10.2. The Morgan fingerprint density at radius 3 is 2.76 bits per heavy atom. The van der Waals surface area contributed by atoms with Crippen LogP contribution in [0.4, 0.5) is 0 Å². The van der Waals surface area contributed by atoms with Crippen molar-refractivity contribution in [3.05, 3.63) is 18.2 Å². The van der Waals surface area contributed by atoms with Crippen molar-refractivity contribution in [2.24, 2.45) is 0 Å². The third-order valence-corrected chi connectivity index (χ3v) is 3.55. The quantitative estimate of drug-likeness (QED) is 0.607. The number of H-pyrrole nitrogens is 1. The molecule has 17 heavy (non-hydrogen) atoms. The molecule has 98 valence electrons. The van der Waals surface area contributed by atoms with E-state index in [0.29, 0.717) is 25.6 Å². The summed E-state index contributed by atoms with van der Waals surface area (Å²) in [6.45, 7) is 4.80. The zero-order chi connectivity index (χ0) is 12.7.